The summed E-state index contributed by atoms with van der Waals surface area (Å²) in [5, 5.41) is 6.85. The van der Waals surface area contributed by atoms with E-state index in [0.29, 0.717) is 48.6 Å². The van der Waals surface area contributed by atoms with Crippen LogP contribution in [0.1, 0.15) is 67.7 Å². The van der Waals surface area contributed by atoms with E-state index in [2.05, 4.69) is 70.0 Å². The van der Waals surface area contributed by atoms with E-state index >= 15 is 0 Å². The summed E-state index contributed by atoms with van der Waals surface area (Å²) in [6.07, 6.45) is 17.8. The van der Waals surface area contributed by atoms with Gasteiger partial charge in [-0.1, -0.05) is 24.1 Å². The lowest BCUT2D eigenvalue weighted by atomic mass is 10.0. The van der Waals surface area contributed by atoms with Crippen molar-refractivity contribution in [3.8, 4) is 0 Å². The van der Waals surface area contributed by atoms with Crippen LogP contribution in [0.25, 0.3) is 16.6 Å². The van der Waals surface area contributed by atoms with Crippen LogP contribution >= 0.6 is 10.0 Å². The minimum absolute atomic E-state index is 0.0814. The molecule has 0 spiro atoms. The van der Waals surface area contributed by atoms with Gasteiger partial charge in [0.05, 0.1) is 42.0 Å². The van der Waals surface area contributed by atoms with Crippen molar-refractivity contribution in [3.05, 3.63) is 71.2 Å². The van der Waals surface area contributed by atoms with Crippen molar-refractivity contribution in [2.24, 2.45) is 0 Å². The summed E-state index contributed by atoms with van der Waals surface area (Å²) in [5.74, 6) is 1.90. The minimum atomic E-state index is -0.642. The third kappa shape index (κ3) is 7.56. The standard InChI is InChI=1S/C36H47N6O3S/c1-6-46(4,5)15-14-45-23-42-33(26-9-11-27-16-28(27)12-10-26)18-29-17-30(20-38-35(29)42)36(44)40-32-19-31(21-37-25(32)3)39-34(43)22-41-13-7-8-24(41)2/h9,16-21,24H,6-8,10-15,22-23H2,1-5H3,(H,39,43)(H,40,44)/t24-/m0/s1. The highest BCUT2D eigenvalue weighted by atomic mass is 32.3. The molecule has 1 fully saturated rings. The predicted octanol–water partition coefficient (Wildman–Crippen LogP) is 6.55. The fourth-order valence-corrected chi connectivity index (χ4v) is 7.08. The number of ether oxygens (including phenoxy) is 1. The number of hydrogen-bond acceptors (Lipinski definition) is 6. The molecule has 0 aromatic carbocycles. The van der Waals surface area contributed by atoms with Gasteiger partial charge in [0.1, 0.15) is 12.4 Å². The molecule has 0 saturated carbocycles. The van der Waals surface area contributed by atoms with E-state index in [1.807, 2.05) is 13.0 Å². The van der Waals surface area contributed by atoms with E-state index in [1.165, 1.54) is 22.5 Å². The quantitative estimate of drug-likeness (QED) is 0.217. The van der Waals surface area contributed by atoms with Gasteiger partial charge in [-0.25, -0.2) is 15.0 Å². The summed E-state index contributed by atoms with van der Waals surface area (Å²) in [4.78, 5) is 37.6. The number of amides is 2. The molecule has 2 amide bonds. The largest absolute Gasteiger partial charge is 0.360 e. The van der Waals surface area contributed by atoms with E-state index < -0.39 is 10.0 Å². The molecule has 46 heavy (non-hydrogen) atoms. The van der Waals surface area contributed by atoms with Gasteiger partial charge in [-0.3, -0.25) is 19.5 Å². The van der Waals surface area contributed by atoms with Crippen molar-refractivity contribution < 1.29 is 14.3 Å². The molecule has 1 saturated heterocycles. The van der Waals surface area contributed by atoms with Crippen LogP contribution in [0.4, 0.5) is 11.4 Å². The van der Waals surface area contributed by atoms with Gasteiger partial charge in [-0.2, -0.15) is 0 Å². The highest BCUT2D eigenvalue weighted by Crippen LogP contribution is 2.42. The van der Waals surface area contributed by atoms with Crippen LogP contribution in [0.2, 0.25) is 0 Å². The number of carbonyl (C=O) groups is 2. The van der Waals surface area contributed by atoms with Crippen LogP contribution in [0.15, 0.2) is 47.8 Å². The Morgan fingerprint density at radius 1 is 1.09 bits per heavy atom. The van der Waals surface area contributed by atoms with Gasteiger partial charge < -0.3 is 19.9 Å². The van der Waals surface area contributed by atoms with Crippen LogP contribution in [-0.2, 0) is 16.3 Å². The molecule has 10 heteroatoms. The van der Waals surface area contributed by atoms with Crippen LogP contribution in [-0.4, -0.2) is 81.0 Å². The molecule has 3 aromatic heterocycles. The first-order valence-corrected chi connectivity index (χ1v) is 19.2. The second kappa shape index (κ2) is 13.7. The summed E-state index contributed by atoms with van der Waals surface area (Å²) >= 11 is 0. The Morgan fingerprint density at radius 3 is 2.72 bits per heavy atom. The number of nitrogens with zero attached hydrogens (tertiary/aromatic N) is 4. The highest BCUT2D eigenvalue weighted by molar-refractivity contribution is 8.32. The first kappa shape index (κ1) is 32.5. The number of anilines is 2. The maximum atomic E-state index is 13.5. The Bertz CT molecular complexity index is 1710. The van der Waals surface area contributed by atoms with Gasteiger partial charge in [0.25, 0.3) is 5.91 Å². The number of aryl methyl sites for hydroxylation is 1. The van der Waals surface area contributed by atoms with Gasteiger partial charge >= 0.3 is 0 Å². The molecule has 1 aliphatic heterocycles. The Morgan fingerprint density at radius 2 is 1.93 bits per heavy atom. The predicted molar refractivity (Wildman–Crippen MR) is 190 cm³/mol. The number of likely N-dealkylation sites (tertiary alicyclic amines) is 1. The van der Waals surface area contributed by atoms with Crippen LogP contribution in [0.5, 0.6) is 0 Å². The molecule has 1 radical (unpaired) electrons. The van der Waals surface area contributed by atoms with E-state index in [1.54, 1.807) is 18.5 Å². The molecule has 3 aromatic rings. The van der Waals surface area contributed by atoms with Gasteiger partial charge in [0, 0.05) is 35.5 Å². The maximum absolute atomic E-state index is 13.5. The lowest BCUT2D eigenvalue weighted by molar-refractivity contribution is -0.117. The Balaban J connectivity index is 1.19. The Labute approximate surface area is 274 Å². The Kier molecular flexibility index (Phi) is 9.68. The second-order valence-corrected chi connectivity index (χ2v) is 17.9. The lowest BCUT2D eigenvalue weighted by Gasteiger charge is -2.29. The number of hydrogen-bond donors (Lipinski definition) is 2. The zero-order valence-electron chi connectivity index (χ0n) is 27.8. The highest BCUT2D eigenvalue weighted by Gasteiger charge is 2.26. The zero-order chi connectivity index (χ0) is 32.4. The van der Waals surface area contributed by atoms with E-state index in [4.69, 9.17) is 9.72 Å². The van der Waals surface area contributed by atoms with Crippen molar-refractivity contribution in [2.45, 2.75) is 65.6 Å². The van der Waals surface area contributed by atoms with Crippen molar-refractivity contribution in [1.82, 2.24) is 19.4 Å². The monoisotopic (exact) mass is 643 g/mol. The Hall–Kier alpha value is -3.47. The summed E-state index contributed by atoms with van der Waals surface area (Å²) in [7, 11) is -0.642. The molecule has 9 nitrogen and oxygen atoms in total. The van der Waals surface area contributed by atoms with Crippen LogP contribution < -0.4 is 10.6 Å². The third-order valence-electron chi connectivity index (χ3n) is 9.67. The van der Waals surface area contributed by atoms with Crippen LogP contribution in [0.3, 0.4) is 0 Å². The topological polar surface area (TPSA) is 101 Å². The van der Waals surface area contributed by atoms with Gasteiger partial charge in [-0.15, -0.1) is 0 Å². The number of aromatic nitrogens is 3. The fraction of sp³-hybridized carbons (Fsp3) is 0.472. The minimum Gasteiger partial charge on any atom is -0.360 e. The average Bonchev–Trinajstić information content (AvgIpc) is 3.59. The normalized spacial score (nSPS) is 18.7. The number of allylic oxidation sites excluding steroid dienone is 4. The number of carbonyl (C=O) groups excluding carboxylic acids is 2. The van der Waals surface area contributed by atoms with Crippen LogP contribution in [0, 0.1) is 13.3 Å². The van der Waals surface area contributed by atoms with Crippen molar-refractivity contribution in [1.29, 1.82) is 0 Å². The molecule has 1 atom stereocenters. The molecular weight excluding hydrogens is 597 g/mol. The maximum Gasteiger partial charge on any atom is 0.257 e. The molecule has 245 valence electrons. The van der Waals surface area contributed by atoms with Crippen molar-refractivity contribution in [3.63, 3.8) is 0 Å². The lowest BCUT2D eigenvalue weighted by Crippen LogP contribution is -2.35. The zero-order valence-corrected chi connectivity index (χ0v) is 28.6. The molecule has 2 aliphatic carbocycles. The molecule has 3 aliphatic rings. The van der Waals surface area contributed by atoms with Gasteiger partial charge in [-0.05, 0) is 94.5 Å². The van der Waals surface area contributed by atoms with E-state index in [9.17, 15) is 9.59 Å². The summed E-state index contributed by atoms with van der Waals surface area (Å²) < 4.78 is 8.41. The smallest absolute Gasteiger partial charge is 0.257 e. The second-order valence-electron chi connectivity index (χ2n) is 13.3. The average molecular weight is 644 g/mol. The van der Waals surface area contributed by atoms with Crippen molar-refractivity contribution >= 4 is 49.8 Å². The number of pyridine rings is 2. The molecule has 4 heterocycles. The third-order valence-corrected chi connectivity index (χ3v) is 12.5. The number of nitrogens with one attached hydrogen (secondary N) is 2. The summed E-state index contributed by atoms with van der Waals surface area (Å²) in [6.45, 7) is 8.66. The molecule has 0 unspecified atom stereocenters. The molecule has 2 N–H and O–H groups in total. The molecule has 0 bridgehead atoms. The van der Waals surface area contributed by atoms with Crippen molar-refractivity contribution in [2.75, 3.05) is 54.3 Å². The fourth-order valence-electron chi connectivity index (χ4n) is 6.22. The first-order chi connectivity index (χ1) is 22.1. The first-order valence-electron chi connectivity index (χ1n) is 16.4. The summed E-state index contributed by atoms with van der Waals surface area (Å²) in [6, 6.07) is 6.23. The number of rotatable bonds is 12. The molecule has 6 rings (SSSR count). The summed E-state index contributed by atoms with van der Waals surface area (Å²) in [5.41, 5.74) is 8.40. The van der Waals surface area contributed by atoms with Gasteiger partial charge in [0.2, 0.25) is 5.91 Å². The number of fused-ring (bicyclic) bond motifs is 1. The van der Waals surface area contributed by atoms with E-state index in [-0.39, 0.29) is 11.8 Å². The van der Waals surface area contributed by atoms with E-state index in [0.717, 1.165) is 61.1 Å². The SMILES string of the molecule is CCS(C)(C)CCOCn1c(C2=CCC3=C([CH]3)CC2)cc2cc(C(=O)Nc3cc(NC(=O)CN4CCC[C@@H]4C)cnc3C)cnc21. The molecular formula is C36H47N6O3S. The van der Waals surface area contributed by atoms with Gasteiger partial charge in [0.15, 0.2) is 0 Å².